The molecule has 1 aromatic carbocycles. The molecule has 3 rings (SSSR count). The number of benzene rings is 1. The Hall–Kier alpha value is -2.35. The van der Waals surface area contributed by atoms with Crippen molar-refractivity contribution >= 4 is 29.3 Å². The number of aromatic nitrogens is 2. The minimum Gasteiger partial charge on any atom is -0.343 e. The fourth-order valence-corrected chi connectivity index (χ4v) is 2.68. The first-order valence-electron chi connectivity index (χ1n) is 6.26. The third-order valence-electron chi connectivity index (χ3n) is 2.84. The molecule has 2 aromatic rings. The smallest absolute Gasteiger partial charge is 0.251 e. The highest BCUT2D eigenvalue weighted by atomic mass is 32.2. The second kappa shape index (κ2) is 5.57. The van der Waals surface area contributed by atoms with Gasteiger partial charge in [-0.3, -0.25) is 9.59 Å². The number of hydrogen-bond donors (Lipinski definition) is 2. The minimum atomic E-state index is -0.265. The van der Waals surface area contributed by atoms with Crippen LogP contribution in [0.25, 0.3) is 0 Å². The lowest BCUT2D eigenvalue weighted by Crippen LogP contribution is -2.24. The van der Waals surface area contributed by atoms with Crippen molar-refractivity contribution in [2.24, 2.45) is 0 Å². The Morgan fingerprint density at radius 1 is 1.52 bits per heavy atom. The van der Waals surface area contributed by atoms with Crippen molar-refractivity contribution in [3.05, 3.63) is 35.5 Å². The summed E-state index contributed by atoms with van der Waals surface area (Å²) in [4.78, 5) is 28.4. The molecule has 1 aromatic heterocycles. The molecule has 8 heteroatoms. The highest BCUT2D eigenvalue weighted by Gasteiger charge is 2.17. The minimum absolute atomic E-state index is 0.0635. The quantitative estimate of drug-likeness (QED) is 0.888. The van der Waals surface area contributed by atoms with Crippen LogP contribution in [0.1, 0.15) is 22.1 Å². The van der Waals surface area contributed by atoms with E-state index < -0.39 is 0 Å². The number of rotatable bonds is 3. The van der Waals surface area contributed by atoms with E-state index in [4.69, 9.17) is 4.52 Å². The summed E-state index contributed by atoms with van der Waals surface area (Å²) in [5.74, 6) is 0.940. The van der Waals surface area contributed by atoms with Gasteiger partial charge in [0.1, 0.15) is 0 Å². The largest absolute Gasteiger partial charge is 0.343 e. The normalized spacial score (nSPS) is 13.5. The Balaban J connectivity index is 1.70. The molecule has 0 unspecified atom stereocenters. The zero-order chi connectivity index (χ0) is 14.8. The van der Waals surface area contributed by atoms with Crippen LogP contribution >= 0.6 is 11.8 Å². The Kier molecular flexibility index (Phi) is 3.61. The molecule has 2 heterocycles. The first-order chi connectivity index (χ1) is 10.1. The molecule has 0 saturated heterocycles. The lowest BCUT2D eigenvalue weighted by molar-refractivity contribution is -0.113. The van der Waals surface area contributed by atoms with Gasteiger partial charge >= 0.3 is 0 Å². The number of carbonyl (C=O) groups is 2. The summed E-state index contributed by atoms with van der Waals surface area (Å²) in [6.45, 7) is 1.87. The topological polar surface area (TPSA) is 97.1 Å². The molecule has 0 saturated carbocycles. The number of nitrogens with one attached hydrogen (secondary N) is 2. The van der Waals surface area contributed by atoms with Crippen molar-refractivity contribution < 1.29 is 14.1 Å². The Morgan fingerprint density at radius 3 is 3.14 bits per heavy atom. The van der Waals surface area contributed by atoms with E-state index in [1.807, 2.05) is 6.07 Å². The molecule has 1 aliphatic rings. The first-order valence-corrected chi connectivity index (χ1v) is 7.24. The van der Waals surface area contributed by atoms with Gasteiger partial charge in [-0.1, -0.05) is 5.16 Å². The van der Waals surface area contributed by atoms with E-state index >= 15 is 0 Å². The van der Waals surface area contributed by atoms with Gasteiger partial charge in [0.2, 0.25) is 11.8 Å². The van der Waals surface area contributed by atoms with Crippen molar-refractivity contribution in [1.82, 2.24) is 15.5 Å². The van der Waals surface area contributed by atoms with Crippen molar-refractivity contribution in [1.29, 1.82) is 0 Å². The molecule has 0 fully saturated rings. The molecular formula is C13H12N4O3S. The van der Waals surface area contributed by atoms with Crippen LogP contribution in [0.15, 0.2) is 27.6 Å². The Bertz CT molecular complexity index is 713. The second-order valence-electron chi connectivity index (χ2n) is 4.47. The van der Waals surface area contributed by atoms with Gasteiger partial charge in [0.15, 0.2) is 5.82 Å². The van der Waals surface area contributed by atoms with E-state index in [0.717, 1.165) is 4.90 Å². The maximum atomic E-state index is 12.1. The molecule has 0 aliphatic carbocycles. The maximum absolute atomic E-state index is 12.1. The van der Waals surface area contributed by atoms with E-state index in [1.165, 1.54) is 11.8 Å². The highest BCUT2D eigenvalue weighted by Crippen LogP contribution is 2.31. The number of aryl methyl sites for hydroxylation is 1. The first kappa shape index (κ1) is 13.6. The van der Waals surface area contributed by atoms with Crippen LogP contribution in [0.4, 0.5) is 5.69 Å². The molecule has 2 amide bonds. The van der Waals surface area contributed by atoms with E-state index in [2.05, 4.69) is 20.8 Å². The van der Waals surface area contributed by atoms with E-state index in [1.54, 1.807) is 19.1 Å². The molecule has 0 atom stereocenters. The number of hydrogen-bond acceptors (Lipinski definition) is 6. The Morgan fingerprint density at radius 2 is 2.38 bits per heavy atom. The number of fused-ring (bicyclic) bond motifs is 1. The SMILES string of the molecule is Cc1noc(CNC(=O)c2ccc3c(c2)NC(=O)CS3)n1. The zero-order valence-electron chi connectivity index (χ0n) is 11.2. The summed E-state index contributed by atoms with van der Waals surface area (Å²) in [5, 5.41) is 9.09. The average molecular weight is 304 g/mol. The van der Waals surface area contributed by atoms with Gasteiger partial charge in [-0.25, -0.2) is 0 Å². The van der Waals surface area contributed by atoms with Crippen LogP contribution in [0.5, 0.6) is 0 Å². The summed E-state index contributed by atoms with van der Waals surface area (Å²) >= 11 is 1.45. The van der Waals surface area contributed by atoms with Gasteiger partial charge in [0.25, 0.3) is 5.91 Å². The van der Waals surface area contributed by atoms with Gasteiger partial charge < -0.3 is 15.2 Å². The maximum Gasteiger partial charge on any atom is 0.251 e. The lowest BCUT2D eigenvalue weighted by Gasteiger charge is -2.16. The summed E-state index contributed by atoms with van der Waals surface area (Å²) < 4.78 is 4.92. The zero-order valence-corrected chi connectivity index (χ0v) is 12.0. The third kappa shape index (κ3) is 3.05. The van der Waals surface area contributed by atoms with Crippen molar-refractivity contribution in [2.45, 2.75) is 18.4 Å². The monoisotopic (exact) mass is 304 g/mol. The van der Waals surface area contributed by atoms with Crippen LogP contribution in [-0.2, 0) is 11.3 Å². The fourth-order valence-electron chi connectivity index (χ4n) is 1.89. The fraction of sp³-hybridized carbons (Fsp3) is 0.231. The highest BCUT2D eigenvalue weighted by molar-refractivity contribution is 8.00. The molecule has 0 radical (unpaired) electrons. The van der Waals surface area contributed by atoms with Crippen LogP contribution in [-0.4, -0.2) is 27.7 Å². The van der Waals surface area contributed by atoms with Gasteiger partial charge in [-0.15, -0.1) is 11.8 Å². The number of anilines is 1. The van der Waals surface area contributed by atoms with Gasteiger partial charge in [0.05, 0.1) is 18.0 Å². The van der Waals surface area contributed by atoms with E-state index in [0.29, 0.717) is 28.7 Å². The molecule has 7 nitrogen and oxygen atoms in total. The molecule has 2 N–H and O–H groups in total. The summed E-state index contributed by atoms with van der Waals surface area (Å²) in [6.07, 6.45) is 0. The van der Waals surface area contributed by atoms with Crippen LogP contribution in [0.2, 0.25) is 0 Å². The van der Waals surface area contributed by atoms with Crippen molar-refractivity contribution in [3.8, 4) is 0 Å². The molecule has 0 bridgehead atoms. The third-order valence-corrected chi connectivity index (χ3v) is 3.92. The van der Waals surface area contributed by atoms with Crippen LogP contribution < -0.4 is 10.6 Å². The van der Waals surface area contributed by atoms with Gasteiger partial charge in [-0.05, 0) is 25.1 Å². The van der Waals surface area contributed by atoms with E-state index in [-0.39, 0.29) is 18.4 Å². The second-order valence-corrected chi connectivity index (χ2v) is 5.48. The number of nitrogens with zero attached hydrogens (tertiary/aromatic N) is 2. The van der Waals surface area contributed by atoms with Crippen LogP contribution in [0, 0.1) is 6.92 Å². The summed E-state index contributed by atoms with van der Waals surface area (Å²) in [6, 6.07) is 5.21. The summed E-state index contributed by atoms with van der Waals surface area (Å²) in [5.41, 5.74) is 1.13. The van der Waals surface area contributed by atoms with Gasteiger partial charge in [0, 0.05) is 10.5 Å². The predicted octanol–water partition coefficient (Wildman–Crippen LogP) is 1.35. The molecule has 0 spiro atoms. The number of thioether (sulfide) groups is 1. The average Bonchev–Trinajstić information content (AvgIpc) is 2.89. The predicted molar refractivity (Wildman–Crippen MR) is 76.0 cm³/mol. The van der Waals surface area contributed by atoms with Crippen molar-refractivity contribution in [3.63, 3.8) is 0 Å². The molecular weight excluding hydrogens is 292 g/mol. The lowest BCUT2D eigenvalue weighted by atomic mass is 10.2. The van der Waals surface area contributed by atoms with Gasteiger partial charge in [-0.2, -0.15) is 4.98 Å². The molecule has 1 aliphatic heterocycles. The Labute approximate surface area is 124 Å². The molecule has 108 valence electrons. The van der Waals surface area contributed by atoms with Crippen molar-refractivity contribution in [2.75, 3.05) is 11.1 Å². The standard InChI is InChI=1S/C13H12N4O3S/c1-7-15-12(20-17-7)5-14-13(19)8-2-3-10-9(4-8)16-11(18)6-21-10/h2-4H,5-6H2,1H3,(H,14,19)(H,16,18). The van der Waals surface area contributed by atoms with E-state index in [9.17, 15) is 9.59 Å². The molecule has 21 heavy (non-hydrogen) atoms. The number of amides is 2. The number of carbonyl (C=O) groups excluding carboxylic acids is 2. The summed E-state index contributed by atoms with van der Waals surface area (Å²) in [7, 11) is 0. The van der Waals surface area contributed by atoms with Crippen LogP contribution in [0.3, 0.4) is 0 Å².